The van der Waals surface area contributed by atoms with Crippen LogP contribution < -0.4 is 5.32 Å². The van der Waals surface area contributed by atoms with Gasteiger partial charge in [0, 0.05) is 22.9 Å². The highest BCUT2D eigenvalue weighted by molar-refractivity contribution is 7.16. The maximum absolute atomic E-state index is 6.08. The molecular formula is C15H18ClNOS2. The van der Waals surface area contributed by atoms with Crippen LogP contribution in [0.3, 0.4) is 0 Å². The summed E-state index contributed by atoms with van der Waals surface area (Å²) in [5, 5.41) is 5.78. The summed E-state index contributed by atoms with van der Waals surface area (Å²) < 4.78 is 6.65. The molecule has 2 nitrogen and oxygen atoms in total. The fourth-order valence-electron chi connectivity index (χ4n) is 2.50. The molecule has 2 unspecified atom stereocenters. The molecule has 0 spiro atoms. The summed E-state index contributed by atoms with van der Waals surface area (Å²) in [5.41, 5.74) is 0. The quantitative estimate of drug-likeness (QED) is 0.858. The Hall–Kier alpha value is -0.390. The molecular weight excluding hydrogens is 310 g/mol. The largest absolute Gasteiger partial charge is 0.377 e. The van der Waals surface area contributed by atoms with Gasteiger partial charge in [-0.15, -0.1) is 22.7 Å². The lowest BCUT2D eigenvalue weighted by Crippen LogP contribution is -2.34. The van der Waals surface area contributed by atoms with Crippen molar-refractivity contribution < 1.29 is 4.74 Å². The SMILES string of the molecule is Clc1ccc(C(NCC2CCCCO2)c2cccs2)s1. The van der Waals surface area contributed by atoms with E-state index in [1.165, 1.54) is 22.6 Å². The van der Waals surface area contributed by atoms with Crippen molar-refractivity contribution in [2.45, 2.75) is 31.4 Å². The van der Waals surface area contributed by atoms with Crippen LogP contribution in [0.4, 0.5) is 0 Å². The van der Waals surface area contributed by atoms with Crippen molar-refractivity contribution in [2.24, 2.45) is 0 Å². The Morgan fingerprint density at radius 3 is 2.90 bits per heavy atom. The van der Waals surface area contributed by atoms with Crippen molar-refractivity contribution in [1.82, 2.24) is 5.32 Å². The Bertz CT molecular complexity index is 520. The zero-order valence-corrected chi connectivity index (χ0v) is 13.6. The van der Waals surface area contributed by atoms with Crippen LogP contribution in [0.2, 0.25) is 4.34 Å². The van der Waals surface area contributed by atoms with Crippen LogP contribution in [-0.4, -0.2) is 19.3 Å². The van der Waals surface area contributed by atoms with E-state index in [1.54, 1.807) is 22.7 Å². The summed E-state index contributed by atoms with van der Waals surface area (Å²) in [7, 11) is 0. The zero-order chi connectivity index (χ0) is 13.8. The van der Waals surface area contributed by atoms with Gasteiger partial charge >= 0.3 is 0 Å². The van der Waals surface area contributed by atoms with Gasteiger partial charge in [-0.2, -0.15) is 0 Å². The highest BCUT2D eigenvalue weighted by Gasteiger charge is 2.20. The third-order valence-corrected chi connectivity index (χ3v) is 5.76. The summed E-state index contributed by atoms with van der Waals surface area (Å²) >= 11 is 9.52. The van der Waals surface area contributed by atoms with Gasteiger partial charge in [0.15, 0.2) is 0 Å². The average molecular weight is 328 g/mol. The molecule has 2 atom stereocenters. The molecule has 1 N–H and O–H groups in total. The van der Waals surface area contributed by atoms with Crippen LogP contribution in [0.15, 0.2) is 29.6 Å². The second-order valence-electron chi connectivity index (χ2n) is 4.99. The van der Waals surface area contributed by atoms with Gasteiger partial charge in [-0.1, -0.05) is 17.7 Å². The monoisotopic (exact) mass is 327 g/mol. The lowest BCUT2D eigenvalue weighted by molar-refractivity contribution is 0.0160. The fraction of sp³-hybridized carbons (Fsp3) is 0.467. The Labute approximate surface area is 132 Å². The summed E-state index contributed by atoms with van der Waals surface area (Å²) in [6.07, 6.45) is 3.99. The number of hydrogen-bond donors (Lipinski definition) is 1. The van der Waals surface area contributed by atoms with E-state index in [0.29, 0.717) is 6.10 Å². The Morgan fingerprint density at radius 2 is 2.25 bits per heavy atom. The van der Waals surface area contributed by atoms with Crippen LogP contribution in [0.5, 0.6) is 0 Å². The van der Waals surface area contributed by atoms with Gasteiger partial charge in [0.25, 0.3) is 0 Å². The van der Waals surface area contributed by atoms with E-state index in [4.69, 9.17) is 16.3 Å². The topological polar surface area (TPSA) is 21.3 Å². The number of hydrogen-bond acceptors (Lipinski definition) is 4. The van der Waals surface area contributed by atoms with E-state index in [9.17, 15) is 0 Å². The van der Waals surface area contributed by atoms with Gasteiger partial charge < -0.3 is 10.1 Å². The highest BCUT2D eigenvalue weighted by Crippen LogP contribution is 2.33. The van der Waals surface area contributed by atoms with Gasteiger partial charge in [-0.05, 0) is 42.8 Å². The third kappa shape index (κ3) is 3.62. The van der Waals surface area contributed by atoms with Gasteiger partial charge in [-0.3, -0.25) is 0 Å². The molecule has 0 saturated carbocycles. The number of thiophene rings is 2. The first kappa shape index (κ1) is 14.5. The number of nitrogens with one attached hydrogen (secondary N) is 1. The van der Waals surface area contributed by atoms with Gasteiger partial charge in [0.05, 0.1) is 16.5 Å². The normalized spacial score (nSPS) is 20.9. The Balaban J connectivity index is 1.69. The zero-order valence-electron chi connectivity index (χ0n) is 11.2. The summed E-state index contributed by atoms with van der Waals surface area (Å²) in [6, 6.07) is 8.60. The smallest absolute Gasteiger partial charge is 0.0931 e. The molecule has 1 aliphatic heterocycles. The van der Waals surface area contributed by atoms with Crippen molar-refractivity contribution in [3.05, 3.63) is 43.7 Å². The molecule has 0 radical (unpaired) electrons. The van der Waals surface area contributed by atoms with Crippen LogP contribution in [0.25, 0.3) is 0 Å². The maximum atomic E-state index is 6.08. The van der Waals surface area contributed by atoms with Gasteiger partial charge in [-0.25, -0.2) is 0 Å². The highest BCUT2D eigenvalue weighted by atomic mass is 35.5. The Morgan fingerprint density at radius 1 is 1.30 bits per heavy atom. The summed E-state index contributed by atoms with van der Waals surface area (Å²) in [5.74, 6) is 0. The summed E-state index contributed by atoms with van der Waals surface area (Å²) in [4.78, 5) is 2.60. The molecule has 0 amide bonds. The third-order valence-electron chi connectivity index (χ3n) is 3.53. The lowest BCUT2D eigenvalue weighted by atomic mass is 10.1. The first-order valence-electron chi connectivity index (χ1n) is 6.96. The minimum atomic E-state index is 0.234. The van der Waals surface area contributed by atoms with E-state index < -0.39 is 0 Å². The van der Waals surface area contributed by atoms with Crippen LogP contribution in [0, 0.1) is 0 Å². The van der Waals surface area contributed by atoms with E-state index >= 15 is 0 Å². The summed E-state index contributed by atoms with van der Waals surface area (Å²) in [6.45, 7) is 1.80. The first-order chi connectivity index (χ1) is 9.83. The number of ether oxygens (including phenoxy) is 1. The molecule has 1 aliphatic rings. The van der Waals surface area contributed by atoms with E-state index in [2.05, 4.69) is 28.9 Å². The number of halogens is 1. The second-order valence-corrected chi connectivity index (χ2v) is 7.71. The molecule has 108 valence electrons. The predicted molar refractivity (Wildman–Crippen MR) is 87.1 cm³/mol. The van der Waals surface area contributed by atoms with Gasteiger partial charge in [0.1, 0.15) is 0 Å². The molecule has 3 rings (SSSR count). The van der Waals surface area contributed by atoms with Crippen molar-refractivity contribution in [1.29, 1.82) is 0 Å². The maximum Gasteiger partial charge on any atom is 0.0931 e. The Kier molecular flexibility index (Phi) is 5.13. The molecule has 2 aromatic rings. The molecule has 1 fully saturated rings. The first-order valence-corrected chi connectivity index (χ1v) is 9.04. The molecule has 0 aromatic carbocycles. The minimum Gasteiger partial charge on any atom is -0.377 e. The van der Waals surface area contributed by atoms with Crippen molar-refractivity contribution >= 4 is 34.3 Å². The molecule has 0 aliphatic carbocycles. The van der Waals surface area contributed by atoms with E-state index in [1.807, 2.05) is 6.07 Å². The minimum absolute atomic E-state index is 0.234. The van der Waals surface area contributed by atoms with E-state index in [-0.39, 0.29) is 6.04 Å². The predicted octanol–water partition coefficient (Wildman–Crippen LogP) is 4.71. The van der Waals surface area contributed by atoms with E-state index in [0.717, 1.165) is 23.9 Å². The van der Waals surface area contributed by atoms with Crippen LogP contribution in [-0.2, 0) is 4.74 Å². The molecule has 0 bridgehead atoms. The lowest BCUT2D eigenvalue weighted by Gasteiger charge is -2.25. The van der Waals surface area contributed by atoms with Crippen molar-refractivity contribution in [3.63, 3.8) is 0 Å². The van der Waals surface area contributed by atoms with Crippen molar-refractivity contribution in [2.75, 3.05) is 13.2 Å². The van der Waals surface area contributed by atoms with Gasteiger partial charge in [0.2, 0.25) is 0 Å². The standard InChI is InChI=1S/C15H18ClNOS2/c16-14-7-6-13(20-14)15(12-5-3-9-19-12)17-10-11-4-1-2-8-18-11/h3,5-7,9,11,15,17H,1-2,4,8,10H2. The molecule has 3 heterocycles. The number of rotatable bonds is 5. The molecule has 5 heteroatoms. The van der Waals surface area contributed by atoms with Crippen LogP contribution >= 0.6 is 34.3 Å². The fourth-order valence-corrected chi connectivity index (χ4v) is 4.55. The molecule has 1 saturated heterocycles. The van der Waals surface area contributed by atoms with Crippen LogP contribution in [0.1, 0.15) is 35.1 Å². The van der Waals surface area contributed by atoms with Crippen molar-refractivity contribution in [3.8, 4) is 0 Å². The average Bonchev–Trinajstić information content (AvgIpc) is 3.13. The molecule has 2 aromatic heterocycles. The second kappa shape index (κ2) is 7.05. The molecule has 20 heavy (non-hydrogen) atoms.